The largest absolute Gasteiger partial charge is 0.331 e. The van der Waals surface area contributed by atoms with Gasteiger partial charge in [-0.1, -0.05) is 24.8 Å². The van der Waals surface area contributed by atoms with Crippen LogP contribution < -0.4 is 0 Å². The maximum absolute atomic E-state index is 4.98. The van der Waals surface area contributed by atoms with Crippen molar-refractivity contribution < 1.29 is 0 Å². The van der Waals surface area contributed by atoms with Gasteiger partial charge in [-0.25, -0.2) is 0 Å². The Kier molecular flexibility index (Phi) is 1.59. The van der Waals surface area contributed by atoms with Crippen molar-refractivity contribution in [2.45, 2.75) is 0 Å². The van der Waals surface area contributed by atoms with Crippen LogP contribution >= 0.6 is 12.2 Å². The topological polar surface area (TPSA) is 31.6 Å². The normalized spacial score (nSPS) is 10.3. The fraction of sp³-hybridized carbons (Fsp3) is 0. The van der Waals surface area contributed by atoms with Crippen LogP contribution in [0.25, 0.3) is 17.1 Å². The van der Waals surface area contributed by atoms with Crippen molar-refractivity contribution in [2.75, 3.05) is 0 Å². The van der Waals surface area contributed by atoms with E-state index in [1.54, 1.807) is 6.08 Å². The highest BCUT2D eigenvalue weighted by Gasteiger charge is 1.97. The quantitative estimate of drug-likeness (QED) is 0.643. The average Bonchev–Trinajstić information content (AvgIpc) is 2.44. The Labute approximate surface area is 74.9 Å². The van der Waals surface area contributed by atoms with Gasteiger partial charge in [-0.05, 0) is 23.8 Å². The van der Waals surface area contributed by atoms with Gasteiger partial charge in [0.1, 0.15) is 0 Å². The van der Waals surface area contributed by atoms with Crippen LogP contribution in [0.1, 0.15) is 5.56 Å². The zero-order valence-corrected chi connectivity index (χ0v) is 7.24. The van der Waals surface area contributed by atoms with Crippen molar-refractivity contribution >= 4 is 29.3 Å². The molecule has 3 heteroatoms. The van der Waals surface area contributed by atoms with E-state index in [0.717, 1.165) is 16.6 Å². The van der Waals surface area contributed by atoms with Crippen LogP contribution in [0.3, 0.4) is 0 Å². The number of fused-ring (bicyclic) bond motifs is 1. The molecule has 0 aliphatic carbocycles. The van der Waals surface area contributed by atoms with Gasteiger partial charge in [-0.2, -0.15) is 0 Å². The third kappa shape index (κ3) is 0.987. The first-order valence-corrected chi connectivity index (χ1v) is 4.05. The van der Waals surface area contributed by atoms with E-state index < -0.39 is 0 Å². The highest BCUT2D eigenvalue weighted by atomic mass is 32.1. The summed E-state index contributed by atoms with van der Waals surface area (Å²) < 4.78 is 0.652. The minimum atomic E-state index is 0.652. The SMILES string of the molecule is C=Cc1cccc2[nH]c(=S)[nH]c12. The molecule has 0 atom stereocenters. The molecule has 2 nitrogen and oxygen atoms in total. The van der Waals surface area contributed by atoms with Gasteiger partial charge in [0, 0.05) is 0 Å². The molecule has 1 aromatic heterocycles. The zero-order chi connectivity index (χ0) is 8.55. The number of aromatic nitrogens is 2. The molecule has 2 N–H and O–H groups in total. The molecule has 1 aromatic carbocycles. The van der Waals surface area contributed by atoms with Gasteiger partial charge in [0.15, 0.2) is 4.77 Å². The van der Waals surface area contributed by atoms with Crippen LogP contribution in [-0.2, 0) is 0 Å². The highest BCUT2D eigenvalue weighted by Crippen LogP contribution is 2.15. The van der Waals surface area contributed by atoms with Crippen molar-refractivity contribution in [3.63, 3.8) is 0 Å². The number of para-hydroxylation sites is 1. The molecule has 1 heterocycles. The van der Waals surface area contributed by atoms with Gasteiger partial charge >= 0.3 is 0 Å². The molecule has 2 rings (SSSR count). The first-order valence-electron chi connectivity index (χ1n) is 3.65. The molecule has 0 saturated carbocycles. The van der Waals surface area contributed by atoms with Crippen molar-refractivity contribution in [2.24, 2.45) is 0 Å². The minimum Gasteiger partial charge on any atom is -0.331 e. The van der Waals surface area contributed by atoms with E-state index in [0.29, 0.717) is 4.77 Å². The molecule has 0 fully saturated rings. The second-order valence-electron chi connectivity index (χ2n) is 2.55. The molecule has 0 aliphatic heterocycles. The molecular formula is C9H8N2S. The van der Waals surface area contributed by atoms with Gasteiger partial charge in [0.25, 0.3) is 0 Å². The summed E-state index contributed by atoms with van der Waals surface area (Å²) in [6.45, 7) is 3.72. The second-order valence-corrected chi connectivity index (χ2v) is 2.96. The van der Waals surface area contributed by atoms with Crippen LogP contribution in [0, 0.1) is 4.77 Å². The lowest BCUT2D eigenvalue weighted by molar-refractivity contribution is 1.30. The number of benzene rings is 1. The van der Waals surface area contributed by atoms with Crippen LogP contribution in [0.15, 0.2) is 24.8 Å². The summed E-state index contributed by atoms with van der Waals surface area (Å²) in [5.74, 6) is 0. The Morgan fingerprint density at radius 1 is 1.33 bits per heavy atom. The zero-order valence-electron chi connectivity index (χ0n) is 6.42. The van der Waals surface area contributed by atoms with Crippen LogP contribution in [0.5, 0.6) is 0 Å². The highest BCUT2D eigenvalue weighted by molar-refractivity contribution is 7.71. The first kappa shape index (κ1) is 7.31. The number of imidazole rings is 1. The number of aromatic amines is 2. The van der Waals surface area contributed by atoms with Crippen molar-refractivity contribution in [3.05, 3.63) is 35.1 Å². The Hall–Kier alpha value is -1.35. The minimum absolute atomic E-state index is 0.652. The molecule has 0 bridgehead atoms. The fourth-order valence-electron chi connectivity index (χ4n) is 1.25. The van der Waals surface area contributed by atoms with Crippen molar-refractivity contribution in [1.82, 2.24) is 9.97 Å². The average molecular weight is 176 g/mol. The van der Waals surface area contributed by atoms with Gasteiger partial charge in [0.05, 0.1) is 11.0 Å². The fourth-order valence-corrected chi connectivity index (χ4v) is 1.46. The number of H-pyrrole nitrogens is 2. The summed E-state index contributed by atoms with van der Waals surface area (Å²) in [6, 6.07) is 5.95. The first-order chi connectivity index (χ1) is 5.81. The Balaban J connectivity index is 2.96. The lowest BCUT2D eigenvalue weighted by Gasteiger charge is -1.93. The van der Waals surface area contributed by atoms with Gasteiger partial charge in [0.2, 0.25) is 0 Å². The summed E-state index contributed by atoms with van der Waals surface area (Å²) in [5.41, 5.74) is 3.12. The predicted molar refractivity (Wildman–Crippen MR) is 53.6 cm³/mol. The van der Waals surface area contributed by atoms with E-state index >= 15 is 0 Å². The smallest absolute Gasteiger partial charge is 0.175 e. The summed E-state index contributed by atoms with van der Waals surface area (Å²) in [4.78, 5) is 6.11. The predicted octanol–water partition coefficient (Wildman–Crippen LogP) is 2.87. The summed E-state index contributed by atoms with van der Waals surface area (Å²) in [5, 5.41) is 0. The molecule has 0 amide bonds. The monoisotopic (exact) mass is 176 g/mol. The summed E-state index contributed by atoms with van der Waals surface area (Å²) in [7, 11) is 0. The van der Waals surface area contributed by atoms with E-state index in [1.165, 1.54) is 0 Å². The maximum Gasteiger partial charge on any atom is 0.175 e. The Bertz CT molecular complexity index is 478. The summed E-state index contributed by atoms with van der Waals surface area (Å²) >= 11 is 4.98. The van der Waals surface area contributed by atoms with Crippen molar-refractivity contribution in [1.29, 1.82) is 0 Å². The lowest BCUT2D eigenvalue weighted by Crippen LogP contribution is -1.74. The van der Waals surface area contributed by atoms with Crippen LogP contribution in [0.4, 0.5) is 0 Å². The van der Waals surface area contributed by atoms with E-state index in [9.17, 15) is 0 Å². The number of hydrogen-bond acceptors (Lipinski definition) is 1. The lowest BCUT2D eigenvalue weighted by atomic mass is 10.2. The molecule has 0 spiro atoms. The molecule has 0 radical (unpaired) electrons. The van der Waals surface area contributed by atoms with Gasteiger partial charge in [-0.15, -0.1) is 0 Å². The molecule has 2 aromatic rings. The number of rotatable bonds is 1. The van der Waals surface area contributed by atoms with Crippen LogP contribution in [-0.4, -0.2) is 9.97 Å². The van der Waals surface area contributed by atoms with Gasteiger partial charge < -0.3 is 9.97 Å². The van der Waals surface area contributed by atoms with Crippen LogP contribution in [0.2, 0.25) is 0 Å². The van der Waals surface area contributed by atoms with E-state index in [4.69, 9.17) is 12.2 Å². The second kappa shape index (κ2) is 2.60. The van der Waals surface area contributed by atoms with E-state index in [1.807, 2.05) is 18.2 Å². The standard InChI is InChI=1S/C9H8N2S/c1-2-6-4-3-5-7-8(6)11-9(12)10-7/h2-5H,1H2,(H2,10,11,12). The molecule has 60 valence electrons. The molecule has 12 heavy (non-hydrogen) atoms. The summed E-state index contributed by atoms with van der Waals surface area (Å²) in [6.07, 6.45) is 1.81. The van der Waals surface area contributed by atoms with Gasteiger partial charge in [-0.3, -0.25) is 0 Å². The van der Waals surface area contributed by atoms with E-state index in [2.05, 4.69) is 16.5 Å². The van der Waals surface area contributed by atoms with Crippen molar-refractivity contribution in [3.8, 4) is 0 Å². The molecule has 0 aliphatic rings. The Morgan fingerprint density at radius 2 is 2.17 bits per heavy atom. The molecule has 0 saturated heterocycles. The number of hydrogen-bond donors (Lipinski definition) is 2. The Morgan fingerprint density at radius 3 is 2.92 bits per heavy atom. The molecular weight excluding hydrogens is 168 g/mol. The van der Waals surface area contributed by atoms with E-state index in [-0.39, 0.29) is 0 Å². The molecule has 0 unspecified atom stereocenters. The third-order valence-electron chi connectivity index (χ3n) is 1.80. The number of nitrogens with one attached hydrogen (secondary N) is 2. The maximum atomic E-state index is 4.98. The third-order valence-corrected chi connectivity index (χ3v) is 2.01.